The summed E-state index contributed by atoms with van der Waals surface area (Å²) in [5.41, 5.74) is 1.39. The number of nitrogens with zero attached hydrogens (tertiary/aromatic N) is 4. The van der Waals surface area contributed by atoms with Gasteiger partial charge in [0.25, 0.3) is 11.8 Å². The van der Waals surface area contributed by atoms with Gasteiger partial charge in [0.2, 0.25) is 3.79 Å². The van der Waals surface area contributed by atoms with Crippen molar-refractivity contribution in [1.29, 1.82) is 0 Å². The lowest BCUT2D eigenvalue weighted by molar-refractivity contribution is -0.198. The fourth-order valence-corrected chi connectivity index (χ4v) is 10.2. The standard InChI is InChI=1S/C31H41Cl3N2O11.C23H30N2O7/c1-41-23-15-21-22(16-24(23)42-2)36(30(40)46-18-31(32,33)34)29(47-26-8-4-5-14-45-26)27-19(11-12-35(27)28(21)39)17-44-13-6-7-20(37)9-10-25(38)43-3;1-29-20-11-17-18(12-21(20)30-2)24-13-19-15(8-9-25(19)23(17)28)14-32-10-4-5-16(26)6-7-22(27)31-3/h15-16,19,26-27,29H,4-14,17-18H2,1-3H3;11-13,15,19H,4-10,14H2,1-3H3/t19-,26?,27-,29?;15-,19+/m00/s1. The van der Waals surface area contributed by atoms with Crippen LogP contribution in [-0.4, -0.2) is 181 Å². The highest BCUT2D eigenvalue weighted by Gasteiger charge is 2.52. The van der Waals surface area contributed by atoms with Gasteiger partial charge in [-0.25, -0.2) is 9.69 Å². The Labute approximate surface area is 474 Å². The molecule has 79 heavy (non-hydrogen) atoms. The van der Waals surface area contributed by atoms with E-state index in [1.807, 2.05) is 11.1 Å². The molecule has 0 N–H and O–H groups in total. The predicted molar refractivity (Wildman–Crippen MR) is 288 cm³/mol. The smallest absolute Gasteiger partial charge is 0.416 e. The van der Waals surface area contributed by atoms with Gasteiger partial charge in [0.1, 0.15) is 18.2 Å². The van der Waals surface area contributed by atoms with Crippen LogP contribution in [0, 0.1) is 11.8 Å². The maximum Gasteiger partial charge on any atom is 0.416 e. The van der Waals surface area contributed by atoms with E-state index in [1.54, 1.807) is 24.1 Å². The summed E-state index contributed by atoms with van der Waals surface area (Å²) in [5.74, 6) is 0.173. The Kier molecular flexibility index (Phi) is 24.1. The monoisotopic (exact) mass is 1170 g/mol. The van der Waals surface area contributed by atoms with E-state index in [0.717, 1.165) is 19.3 Å². The Morgan fingerprint density at radius 3 is 1.77 bits per heavy atom. The summed E-state index contributed by atoms with van der Waals surface area (Å²) in [4.78, 5) is 97.0. The molecule has 2 unspecified atom stereocenters. The molecule has 6 atom stereocenters. The van der Waals surface area contributed by atoms with Gasteiger partial charge in [-0.2, -0.15) is 0 Å². The molecule has 0 saturated carbocycles. The van der Waals surface area contributed by atoms with Gasteiger partial charge in [-0.05, 0) is 57.1 Å². The number of amides is 3. The van der Waals surface area contributed by atoms with Crippen molar-refractivity contribution in [3.63, 3.8) is 0 Å². The van der Waals surface area contributed by atoms with Crippen LogP contribution in [0.15, 0.2) is 29.3 Å². The van der Waals surface area contributed by atoms with Crippen LogP contribution in [-0.2, 0) is 52.3 Å². The molecule has 0 aliphatic carbocycles. The molecule has 3 saturated heterocycles. The number of hydrogen-bond donors (Lipinski definition) is 0. The second-order valence-electron chi connectivity index (χ2n) is 19.3. The number of ketones is 2. The lowest BCUT2D eigenvalue weighted by atomic mass is 9.99. The summed E-state index contributed by atoms with van der Waals surface area (Å²) in [6.07, 6.45) is 4.98. The third kappa shape index (κ3) is 17.0. The number of benzene rings is 2. The maximum absolute atomic E-state index is 14.2. The summed E-state index contributed by atoms with van der Waals surface area (Å²) in [7, 11) is 8.56. The molecule has 0 bridgehead atoms. The average Bonchev–Trinajstić information content (AvgIpc) is 4.27. The van der Waals surface area contributed by atoms with Crippen molar-refractivity contribution >= 4 is 93.8 Å². The third-order valence-electron chi connectivity index (χ3n) is 14.1. The molecule has 0 spiro atoms. The van der Waals surface area contributed by atoms with Crippen LogP contribution < -0.4 is 23.8 Å². The second-order valence-corrected chi connectivity index (χ2v) is 21.8. The number of halogens is 3. The minimum absolute atomic E-state index is 0.0242. The number of carbonyl (C=O) groups is 7. The van der Waals surface area contributed by atoms with E-state index in [9.17, 15) is 33.6 Å². The van der Waals surface area contributed by atoms with Gasteiger partial charge in [0.15, 0.2) is 35.5 Å². The second kappa shape index (κ2) is 30.4. The van der Waals surface area contributed by atoms with E-state index >= 15 is 0 Å². The van der Waals surface area contributed by atoms with Gasteiger partial charge in [-0.3, -0.25) is 33.8 Å². The van der Waals surface area contributed by atoms with Crippen LogP contribution in [0.2, 0.25) is 0 Å². The highest BCUT2D eigenvalue weighted by atomic mass is 35.6. The Bertz CT molecular complexity index is 2490. The summed E-state index contributed by atoms with van der Waals surface area (Å²) in [6, 6.07) is 5.60. The molecule has 5 heterocycles. The lowest BCUT2D eigenvalue weighted by Crippen LogP contribution is -2.56. The molecular weight excluding hydrogens is 1100 g/mol. The quantitative estimate of drug-likeness (QED) is 0.0402. The molecule has 0 aromatic heterocycles. The van der Waals surface area contributed by atoms with Gasteiger partial charge in [0.05, 0.1) is 103 Å². The van der Waals surface area contributed by atoms with Gasteiger partial charge in [-0.1, -0.05) is 34.8 Å². The van der Waals surface area contributed by atoms with Crippen LogP contribution in [0.25, 0.3) is 0 Å². The SMILES string of the molecule is COC(=O)CCC(=O)CCCOC[C@@H]1CCN2C(=O)c3cc(OC)c(OC)cc3N(C(=O)OCC(Cl)(Cl)Cl)C(OC3CCCCO3)[C@H]12.COC(=O)CCC(=O)CCCOC[C@@H]1CCN2C(=O)c3cc(OC)c(OC)cc3N=C[C@H]12. The Balaban J connectivity index is 0.000000274. The van der Waals surface area contributed by atoms with Crippen molar-refractivity contribution in [3.8, 4) is 23.0 Å². The minimum atomic E-state index is -1.89. The number of carbonyl (C=O) groups excluding carboxylic acids is 7. The lowest BCUT2D eigenvalue weighted by Gasteiger charge is -2.40. The normalized spacial score (nSPS) is 21.3. The first-order chi connectivity index (χ1) is 37.9. The van der Waals surface area contributed by atoms with Gasteiger partial charge >= 0.3 is 18.0 Å². The first-order valence-corrected chi connectivity index (χ1v) is 27.4. The first-order valence-electron chi connectivity index (χ1n) is 26.3. The Hall–Kier alpha value is -5.49. The molecule has 22 nitrogen and oxygen atoms in total. The molecule has 3 fully saturated rings. The molecule has 5 aliphatic heterocycles. The van der Waals surface area contributed by atoms with Crippen LogP contribution in [0.1, 0.15) is 104 Å². The average molecular weight is 1170 g/mol. The molecule has 5 aliphatic rings. The van der Waals surface area contributed by atoms with Gasteiger partial charge in [-0.15, -0.1) is 0 Å². The first kappa shape index (κ1) is 62.7. The number of fused-ring (bicyclic) bond motifs is 4. The zero-order valence-electron chi connectivity index (χ0n) is 45.5. The summed E-state index contributed by atoms with van der Waals surface area (Å²) in [5, 5.41) is 0. The topological polar surface area (TPSA) is 243 Å². The van der Waals surface area contributed by atoms with Crippen LogP contribution in [0.4, 0.5) is 16.2 Å². The van der Waals surface area contributed by atoms with Crippen LogP contribution >= 0.6 is 34.8 Å². The number of aliphatic imine (C=N–C) groups is 1. The largest absolute Gasteiger partial charge is 0.493 e. The molecule has 2 aromatic carbocycles. The predicted octanol–water partition coefficient (Wildman–Crippen LogP) is 7.62. The number of ether oxygens (including phenoxy) is 11. The molecule has 436 valence electrons. The zero-order chi connectivity index (χ0) is 57.2. The van der Waals surface area contributed by atoms with E-state index < -0.39 is 41.0 Å². The van der Waals surface area contributed by atoms with Crippen molar-refractivity contribution in [2.45, 2.75) is 112 Å². The van der Waals surface area contributed by atoms with E-state index in [0.29, 0.717) is 93.5 Å². The van der Waals surface area contributed by atoms with Gasteiger partial charge in [0, 0.05) is 88.8 Å². The summed E-state index contributed by atoms with van der Waals surface area (Å²) in [6.45, 7) is 2.35. The molecule has 2 aromatic rings. The van der Waals surface area contributed by atoms with Crippen molar-refractivity contribution in [1.82, 2.24) is 9.80 Å². The van der Waals surface area contributed by atoms with E-state index in [-0.39, 0.29) is 110 Å². The molecular formula is C54H71Cl3N4O18. The fourth-order valence-electron chi connectivity index (χ4n) is 10.0. The molecule has 3 amide bonds. The van der Waals surface area contributed by atoms with Crippen molar-refractivity contribution in [2.75, 3.05) is 100 Å². The van der Waals surface area contributed by atoms with Crippen molar-refractivity contribution < 1.29 is 85.7 Å². The Morgan fingerprint density at radius 2 is 1.20 bits per heavy atom. The van der Waals surface area contributed by atoms with Crippen LogP contribution in [0.3, 0.4) is 0 Å². The van der Waals surface area contributed by atoms with Crippen LogP contribution in [0.5, 0.6) is 23.0 Å². The molecule has 0 radical (unpaired) electrons. The maximum atomic E-state index is 14.2. The number of anilines is 1. The molecule has 7 rings (SSSR count). The third-order valence-corrected chi connectivity index (χ3v) is 14.5. The van der Waals surface area contributed by atoms with Crippen molar-refractivity contribution in [3.05, 3.63) is 35.4 Å². The minimum Gasteiger partial charge on any atom is -0.493 e. The number of esters is 2. The van der Waals surface area contributed by atoms with E-state index in [4.69, 9.17) is 77.4 Å². The summed E-state index contributed by atoms with van der Waals surface area (Å²) >= 11 is 17.8. The number of Topliss-reactive ketones (excluding diaryl/α,β-unsaturated/α-hetero) is 2. The highest BCUT2D eigenvalue weighted by Crippen LogP contribution is 2.45. The number of methoxy groups -OCH3 is 6. The van der Waals surface area contributed by atoms with Gasteiger partial charge < -0.3 is 61.9 Å². The number of rotatable bonds is 25. The fraction of sp³-hybridized carbons (Fsp3) is 0.630. The summed E-state index contributed by atoms with van der Waals surface area (Å²) < 4.78 is 58.7. The Morgan fingerprint density at radius 1 is 0.658 bits per heavy atom. The molecule has 25 heteroatoms. The van der Waals surface area contributed by atoms with E-state index in [2.05, 4.69) is 14.5 Å². The zero-order valence-corrected chi connectivity index (χ0v) is 47.7. The number of hydrogen-bond acceptors (Lipinski definition) is 19. The number of alkyl halides is 3. The highest BCUT2D eigenvalue weighted by molar-refractivity contribution is 6.67. The van der Waals surface area contributed by atoms with Crippen molar-refractivity contribution in [2.24, 2.45) is 16.8 Å². The van der Waals surface area contributed by atoms with E-state index in [1.165, 1.54) is 52.6 Å².